The highest BCUT2D eigenvalue weighted by Gasteiger charge is 2.02. The Hall–Kier alpha value is -2.44. The van der Waals surface area contributed by atoms with Gasteiger partial charge in [0.15, 0.2) is 0 Å². The summed E-state index contributed by atoms with van der Waals surface area (Å²) >= 11 is 0. The number of aromatic hydroxyl groups is 1. The Labute approximate surface area is 85.0 Å². The molecule has 0 spiro atoms. The molecule has 0 aliphatic rings. The number of rotatable bonds is 5. The molecule has 1 rings (SSSR count). The SMILES string of the molecule is O=CNN=NN(C=O)c1ccc(O)cc1. The van der Waals surface area contributed by atoms with Gasteiger partial charge in [-0.15, -0.1) is 0 Å². The van der Waals surface area contributed by atoms with E-state index in [9.17, 15) is 9.59 Å². The number of carbonyl (C=O) groups excluding carboxylic acids is 2. The third kappa shape index (κ3) is 3.07. The number of nitrogens with one attached hydrogen (secondary N) is 1. The maximum absolute atomic E-state index is 10.6. The van der Waals surface area contributed by atoms with Crippen molar-refractivity contribution in [3.8, 4) is 5.75 Å². The Bertz CT molecular complexity index is 363. The van der Waals surface area contributed by atoms with E-state index in [1.54, 1.807) is 0 Å². The van der Waals surface area contributed by atoms with Gasteiger partial charge < -0.3 is 5.11 Å². The molecule has 0 heterocycles. The van der Waals surface area contributed by atoms with Crippen molar-refractivity contribution < 1.29 is 14.7 Å². The fourth-order valence-corrected chi connectivity index (χ4v) is 0.837. The lowest BCUT2D eigenvalue weighted by Crippen LogP contribution is -2.13. The van der Waals surface area contributed by atoms with Gasteiger partial charge in [0.05, 0.1) is 5.69 Å². The molecule has 1 aromatic carbocycles. The highest BCUT2D eigenvalue weighted by atomic mass is 16.3. The zero-order chi connectivity index (χ0) is 11.1. The fraction of sp³-hybridized carbons (Fsp3) is 0. The molecular formula is C8H8N4O3. The Morgan fingerprint density at radius 3 is 2.47 bits per heavy atom. The predicted molar refractivity (Wildman–Crippen MR) is 50.7 cm³/mol. The molecule has 0 radical (unpaired) electrons. The smallest absolute Gasteiger partial charge is 0.236 e. The summed E-state index contributed by atoms with van der Waals surface area (Å²) in [6.07, 6.45) is 0.742. The van der Waals surface area contributed by atoms with Crippen molar-refractivity contribution >= 4 is 18.5 Å². The first-order valence-electron chi connectivity index (χ1n) is 3.91. The van der Waals surface area contributed by atoms with Gasteiger partial charge in [-0.2, -0.15) is 5.01 Å². The van der Waals surface area contributed by atoms with E-state index in [0.29, 0.717) is 18.5 Å². The molecule has 0 atom stereocenters. The first-order valence-corrected chi connectivity index (χ1v) is 3.91. The van der Waals surface area contributed by atoms with Gasteiger partial charge >= 0.3 is 0 Å². The van der Waals surface area contributed by atoms with Gasteiger partial charge in [0.1, 0.15) is 5.75 Å². The van der Waals surface area contributed by atoms with Crippen molar-refractivity contribution in [3.05, 3.63) is 24.3 Å². The number of phenolic OH excluding ortho intramolecular Hbond substituents is 1. The zero-order valence-corrected chi connectivity index (χ0v) is 7.57. The lowest BCUT2D eigenvalue weighted by molar-refractivity contribution is -0.110. The molecule has 0 aliphatic carbocycles. The largest absolute Gasteiger partial charge is 0.508 e. The second-order valence-corrected chi connectivity index (χ2v) is 2.40. The molecule has 7 heteroatoms. The molecule has 0 aromatic heterocycles. The second-order valence-electron chi connectivity index (χ2n) is 2.40. The number of nitrogens with zero attached hydrogens (tertiary/aromatic N) is 3. The van der Waals surface area contributed by atoms with Crippen molar-refractivity contribution in [2.24, 2.45) is 10.4 Å². The van der Waals surface area contributed by atoms with Gasteiger partial charge in [0.25, 0.3) is 0 Å². The molecule has 0 unspecified atom stereocenters. The maximum atomic E-state index is 10.6. The Morgan fingerprint density at radius 2 is 1.93 bits per heavy atom. The predicted octanol–water partition coefficient (Wildman–Crippen LogP) is 0.383. The Balaban J connectivity index is 2.78. The molecule has 0 saturated heterocycles. The van der Waals surface area contributed by atoms with Gasteiger partial charge in [-0.1, -0.05) is 0 Å². The Morgan fingerprint density at radius 1 is 1.27 bits per heavy atom. The summed E-state index contributed by atoms with van der Waals surface area (Å²) in [6, 6.07) is 5.75. The minimum absolute atomic E-state index is 0.0764. The summed E-state index contributed by atoms with van der Waals surface area (Å²) in [5, 5.41) is 16.5. The number of hydrogen-bond donors (Lipinski definition) is 2. The van der Waals surface area contributed by atoms with Crippen LogP contribution in [0.4, 0.5) is 5.69 Å². The van der Waals surface area contributed by atoms with Crippen molar-refractivity contribution in [1.82, 2.24) is 5.43 Å². The minimum Gasteiger partial charge on any atom is -0.508 e. The number of anilines is 1. The molecule has 78 valence electrons. The van der Waals surface area contributed by atoms with Crippen LogP contribution in [-0.2, 0) is 9.59 Å². The Kier molecular flexibility index (Phi) is 3.78. The molecule has 15 heavy (non-hydrogen) atoms. The van der Waals surface area contributed by atoms with E-state index < -0.39 is 0 Å². The van der Waals surface area contributed by atoms with Crippen LogP contribution in [0.2, 0.25) is 0 Å². The topological polar surface area (TPSA) is 94.4 Å². The highest BCUT2D eigenvalue weighted by Crippen LogP contribution is 2.17. The normalized spacial score (nSPS) is 9.87. The number of benzene rings is 1. The van der Waals surface area contributed by atoms with E-state index in [-0.39, 0.29) is 5.75 Å². The van der Waals surface area contributed by atoms with Crippen LogP contribution in [0.25, 0.3) is 0 Å². The molecule has 7 nitrogen and oxygen atoms in total. The van der Waals surface area contributed by atoms with Crippen LogP contribution in [0.1, 0.15) is 0 Å². The van der Waals surface area contributed by atoms with E-state index in [1.807, 2.05) is 5.43 Å². The van der Waals surface area contributed by atoms with E-state index in [0.717, 1.165) is 5.01 Å². The lowest BCUT2D eigenvalue weighted by Gasteiger charge is -2.08. The van der Waals surface area contributed by atoms with Crippen molar-refractivity contribution in [1.29, 1.82) is 0 Å². The summed E-state index contributed by atoms with van der Waals surface area (Å²) < 4.78 is 0. The molecule has 0 bridgehead atoms. The zero-order valence-electron chi connectivity index (χ0n) is 7.57. The van der Waals surface area contributed by atoms with Gasteiger partial charge in [-0.25, -0.2) is 5.43 Å². The van der Waals surface area contributed by atoms with Gasteiger partial charge in [-0.05, 0) is 34.7 Å². The molecule has 0 fully saturated rings. The average Bonchev–Trinajstić information content (AvgIpc) is 2.26. The van der Waals surface area contributed by atoms with Crippen LogP contribution >= 0.6 is 0 Å². The van der Waals surface area contributed by atoms with E-state index in [1.165, 1.54) is 24.3 Å². The maximum Gasteiger partial charge on any atom is 0.236 e. The molecule has 0 saturated carbocycles. The van der Waals surface area contributed by atoms with Crippen LogP contribution in [-0.4, -0.2) is 17.9 Å². The standard InChI is InChI=1S/C8H8N4O3/c13-5-9-10-11-12(6-14)7-1-3-8(15)4-2-7/h1-6,15H,(H,9,11,13). The van der Waals surface area contributed by atoms with E-state index in [4.69, 9.17) is 5.11 Å². The molecule has 2 N–H and O–H groups in total. The third-order valence-electron chi connectivity index (χ3n) is 1.47. The quantitative estimate of drug-likeness (QED) is 0.416. The third-order valence-corrected chi connectivity index (χ3v) is 1.47. The molecule has 1 aromatic rings. The van der Waals surface area contributed by atoms with Crippen molar-refractivity contribution in [2.75, 3.05) is 5.01 Å². The van der Waals surface area contributed by atoms with Crippen LogP contribution < -0.4 is 10.4 Å². The van der Waals surface area contributed by atoms with Crippen molar-refractivity contribution in [3.63, 3.8) is 0 Å². The first kappa shape index (κ1) is 10.6. The van der Waals surface area contributed by atoms with Crippen LogP contribution in [0.3, 0.4) is 0 Å². The minimum atomic E-state index is 0.0764. The first-order chi connectivity index (χ1) is 7.27. The molecule has 2 amide bonds. The van der Waals surface area contributed by atoms with Crippen LogP contribution in [0.5, 0.6) is 5.75 Å². The average molecular weight is 208 g/mol. The summed E-state index contributed by atoms with van der Waals surface area (Å²) in [5.41, 5.74) is 2.34. The number of hydrogen-bond acceptors (Lipinski definition) is 5. The second kappa shape index (κ2) is 5.32. The number of phenols is 1. The van der Waals surface area contributed by atoms with E-state index in [2.05, 4.69) is 10.4 Å². The summed E-state index contributed by atoms with van der Waals surface area (Å²) in [4.78, 5) is 20.4. The highest BCUT2D eigenvalue weighted by molar-refractivity contribution is 5.73. The van der Waals surface area contributed by atoms with E-state index >= 15 is 0 Å². The monoisotopic (exact) mass is 208 g/mol. The lowest BCUT2D eigenvalue weighted by atomic mass is 10.3. The van der Waals surface area contributed by atoms with Crippen molar-refractivity contribution in [2.45, 2.75) is 0 Å². The fourth-order valence-electron chi connectivity index (χ4n) is 0.837. The van der Waals surface area contributed by atoms with Crippen LogP contribution in [0, 0.1) is 0 Å². The van der Waals surface area contributed by atoms with Gasteiger partial charge in [-0.3, -0.25) is 9.59 Å². The molecular weight excluding hydrogens is 200 g/mol. The van der Waals surface area contributed by atoms with Gasteiger partial charge in [0, 0.05) is 0 Å². The summed E-state index contributed by atoms with van der Waals surface area (Å²) in [6.45, 7) is 0. The van der Waals surface area contributed by atoms with Gasteiger partial charge in [0.2, 0.25) is 12.8 Å². The number of carbonyl (C=O) groups is 2. The summed E-state index contributed by atoms with van der Waals surface area (Å²) in [5.74, 6) is 0.0764. The summed E-state index contributed by atoms with van der Waals surface area (Å²) in [7, 11) is 0. The molecule has 0 aliphatic heterocycles. The number of amides is 2. The van der Waals surface area contributed by atoms with Crippen LogP contribution in [0.15, 0.2) is 34.7 Å².